The number of aryl methyl sites for hydroxylation is 1. The number of anilines is 1. The first-order chi connectivity index (χ1) is 12.7. The monoisotopic (exact) mass is 365 g/mol. The van der Waals surface area contributed by atoms with Crippen molar-refractivity contribution < 1.29 is 4.79 Å². The summed E-state index contributed by atoms with van der Waals surface area (Å²) in [7, 11) is 0. The van der Waals surface area contributed by atoms with Gasteiger partial charge >= 0.3 is 5.69 Å². The summed E-state index contributed by atoms with van der Waals surface area (Å²) in [6.07, 6.45) is 3.96. The maximum absolute atomic E-state index is 12.4. The predicted octanol–water partition coefficient (Wildman–Crippen LogP) is 3.53. The largest absolute Gasteiger partial charge is 0.346 e. The minimum Gasteiger partial charge on any atom is -0.325 e. The first kappa shape index (κ1) is 16.8. The summed E-state index contributed by atoms with van der Waals surface area (Å²) < 4.78 is 0. The van der Waals surface area contributed by atoms with Gasteiger partial charge in [0.1, 0.15) is 5.03 Å². The van der Waals surface area contributed by atoms with Crippen LogP contribution in [-0.2, 0) is 17.6 Å². The smallest absolute Gasteiger partial charge is 0.325 e. The number of fused-ring (bicyclic) bond motifs is 2. The number of aromatic nitrogens is 2. The molecule has 0 fully saturated rings. The third-order valence-electron chi connectivity index (χ3n) is 4.59. The average molecular weight is 365 g/mol. The summed E-state index contributed by atoms with van der Waals surface area (Å²) in [5, 5.41) is 5.77. The van der Waals surface area contributed by atoms with Crippen LogP contribution in [0.2, 0.25) is 0 Å². The van der Waals surface area contributed by atoms with Crippen molar-refractivity contribution >= 4 is 34.1 Å². The van der Waals surface area contributed by atoms with Crippen molar-refractivity contribution in [2.45, 2.75) is 30.7 Å². The van der Waals surface area contributed by atoms with Gasteiger partial charge in [-0.1, -0.05) is 48.2 Å². The van der Waals surface area contributed by atoms with Crippen LogP contribution < -0.4 is 11.0 Å². The van der Waals surface area contributed by atoms with Gasteiger partial charge in [0.15, 0.2) is 0 Å². The molecule has 0 unspecified atom stereocenters. The van der Waals surface area contributed by atoms with Gasteiger partial charge in [0.25, 0.3) is 0 Å². The van der Waals surface area contributed by atoms with E-state index in [9.17, 15) is 9.59 Å². The lowest BCUT2D eigenvalue weighted by molar-refractivity contribution is -0.113. The number of H-pyrrole nitrogens is 1. The van der Waals surface area contributed by atoms with Crippen molar-refractivity contribution in [1.29, 1.82) is 0 Å². The number of amides is 1. The van der Waals surface area contributed by atoms with Gasteiger partial charge in [-0.2, -0.15) is 4.98 Å². The van der Waals surface area contributed by atoms with Crippen LogP contribution in [0.1, 0.15) is 24.1 Å². The number of hydrogen-bond donors (Lipinski definition) is 2. The first-order valence-corrected chi connectivity index (χ1v) is 9.72. The van der Waals surface area contributed by atoms with Crippen molar-refractivity contribution in [2.24, 2.45) is 0 Å². The van der Waals surface area contributed by atoms with Crippen LogP contribution in [0.5, 0.6) is 0 Å². The van der Waals surface area contributed by atoms with Crippen LogP contribution in [0.15, 0.2) is 52.3 Å². The number of nitrogens with one attached hydrogen (secondary N) is 2. The van der Waals surface area contributed by atoms with E-state index in [1.165, 1.54) is 11.8 Å². The van der Waals surface area contributed by atoms with Gasteiger partial charge in [0.2, 0.25) is 5.91 Å². The summed E-state index contributed by atoms with van der Waals surface area (Å²) in [6.45, 7) is 0. The summed E-state index contributed by atoms with van der Waals surface area (Å²) in [5.74, 6) is 0.129. The van der Waals surface area contributed by atoms with Gasteiger partial charge < -0.3 is 10.3 Å². The number of thioether (sulfide) groups is 1. The van der Waals surface area contributed by atoms with Crippen molar-refractivity contribution in [2.75, 3.05) is 11.1 Å². The van der Waals surface area contributed by atoms with Crippen molar-refractivity contribution in [3.63, 3.8) is 0 Å². The van der Waals surface area contributed by atoms with E-state index in [1.807, 2.05) is 42.5 Å². The molecule has 6 heteroatoms. The molecule has 2 aromatic carbocycles. The Morgan fingerprint density at radius 1 is 1.12 bits per heavy atom. The minimum absolute atomic E-state index is 0.0991. The molecular formula is C20H19N3O2S. The Morgan fingerprint density at radius 2 is 1.92 bits per heavy atom. The van der Waals surface area contributed by atoms with Crippen LogP contribution >= 0.6 is 11.8 Å². The molecular weight excluding hydrogens is 346 g/mol. The van der Waals surface area contributed by atoms with Crippen LogP contribution in [-0.4, -0.2) is 21.6 Å². The molecule has 1 amide bonds. The van der Waals surface area contributed by atoms with Crippen LogP contribution in [0.25, 0.3) is 10.8 Å². The van der Waals surface area contributed by atoms with Gasteiger partial charge in [0, 0.05) is 22.3 Å². The van der Waals surface area contributed by atoms with E-state index in [1.54, 1.807) is 0 Å². The Bertz CT molecular complexity index is 1020. The molecule has 0 aliphatic heterocycles. The summed E-state index contributed by atoms with van der Waals surface area (Å²) in [5.41, 5.74) is 2.55. The minimum atomic E-state index is -0.331. The number of aromatic amines is 1. The summed E-state index contributed by atoms with van der Waals surface area (Å²) in [6, 6.07) is 13.8. The highest BCUT2D eigenvalue weighted by atomic mass is 32.2. The molecule has 5 nitrogen and oxygen atoms in total. The first-order valence-electron chi connectivity index (χ1n) is 8.73. The quantitative estimate of drug-likeness (QED) is 0.548. The highest BCUT2D eigenvalue weighted by Gasteiger charge is 2.17. The fraction of sp³-hybridized carbons (Fsp3) is 0.250. The maximum atomic E-state index is 12.4. The number of benzene rings is 2. The normalized spacial score (nSPS) is 13.4. The number of rotatable bonds is 4. The molecule has 0 saturated heterocycles. The molecule has 0 saturated carbocycles. The molecule has 1 heterocycles. The molecule has 1 aliphatic carbocycles. The lowest BCUT2D eigenvalue weighted by atomic mass is 9.98. The fourth-order valence-corrected chi connectivity index (χ4v) is 4.26. The summed E-state index contributed by atoms with van der Waals surface area (Å²) >= 11 is 1.34. The Morgan fingerprint density at radius 3 is 2.85 bits per heavy atom. The van der Waals surface area contributed by atoms with E-state index >= 15 is 0 Å². The number of hydrogen-bond acceptors (Lipinski definition) is 4. The highest BCUT2D eigenvalue weighted by Crippen LogP contribution is 2.28. The Labute approximate surface area is 155 Å². The predicted molar refractivity (Wildman–Crippen MR) is 105 cm³/mol. The second-order valence-electron chi connectivity index (χ2n) is 6.37. The van der Waals surface area contributed by atoms with Gasteiger partial charge in [0.05, 0.1) is 5.75 Å². The molecule has 0 atom stereocenters. The van der Waals surface area contributed by atoms with E-state index in [4.69, 9.17) is 0 Å². The zero-order chi connectivity index (χ0) is 17.9. The van der Waals surface area contributed by atoms with Gasteiger partial charge in [-0.3, -0.25) is 4.79 Å². The molecule has 1 aromatic heterocycles. The second kappa shape index (κ2) is 7.33. The van der Waals surface area contributed by atoms with Crippen molar-refractivity contribution in [1.82, 2.24) is 9.97 Å². The molecule has 3 aromatic rings. The second-order valence-corrected chi connectivity index (χ2v) is 7.34. The topological polar surface area (TPSA) is 74.8 Å². The van der Waals surface area contributed by atoms with Crippen molar-refractivity contribution in [3.8, 4) is 0 Å². The van der Waals surface area contributed by atoms with Gasteiger partial charge in [-0.25, -0.2) is 4.79 Å². The zero-order valence-corrected chi connectivity index (χ0v) is 15.1. The molecule has 4 rings (SSSR count). The SMILES string of the molecule is O=C(CSc1nc(=O)[nH]c2c1CCCC2)Nc1cccc2ccccc12. The molecule has 0 radical (unpaired) electrons. The van der Waals surface area contributed by atoms with Crippen LogP contribution in [0, 0.1) is 0 Å². The molecule has 1 aliphatic rings. The van der Waals surface area contributed by atoms with E-state index in [-0.39, 0.29) is 17.3 Å². The van der Waals surface area contributed by atoms with E-state index < -0.39 is 0 Å². The van der Waals surface area contributed by atoms with Crippen LogP contribution in [0.3, 0.4) is 0 Å². The van der Waals surface area contributed by atoms with Gasteiger partial charge in [-0.15, -0.1) is 0 Å². The highest BCUT2D eigenvalue weighted by molar-refractivity contribution is 8.00. The molecule has 132 valence electrons. The number of carbonyl (C=O) groups excluding carboxylic acids is 1. The fourth-order valence-electron chi connectivity index (χ4n) is 3.37. The Hall–Kier alpha value is -2.60. The molecule has 26 heavy (non-hydrogen) atoms. The summed E-state index contributed by atoms with van der Waals surface area (Å²) in [4.78, 5) is 31.1. The third kappa shape index (κ3) is 3.51. The third-order valence-corrected chi connectivity index (χ3v) is 5.61. The zero-order valence-electron chi connectivity index (χ0n) is 14.2. The number of nitrogens with zero attached hydrogens (tertiary/aromatic N) is 1. The van der Waals surface area contributed by atoms with E-state index in [0.717, 1.165) is 53.4 Å². The van der Waals surface area contributed by atoms with Crippen molar-refractivity contribution in [3.05, 3.63) is 64.2 Å². The standard InChI is InChI=1S/C20H19N3O2S/c24-18(21-16-11-5-7-13-6-1-2-8-14(13)16)12-26-19-15-9-3-4-10-17(15)22-20(25)23-19/h1-2,5-8,11H,3-4,9-10,12H2,(H,21,24)(H,22,23,25). The average Bonchev–Trinajstić information content (AvgIpc) is 2.66. The maximum Gasteiger partial charge on any atom is 0.346 e. The number of carbonyl (C=O) groups is 1. The lowest BCUT2D eigenvalue weighted by Crippen LogP contribution is -2.21. The Kier molecular flexibility index (Phi) is 4.75. The Balaban J connectivity index is 1.49. The molecule has 2 N–H and O–H groups in total. The van der Waals surface area contributed by atoms with Crippen LogP contribution in [0.4, 0.5) is 5.69 Å². The molecule has 0 spiro atoms. The molecule has 0 bridgehead atoms. The van der Waals surface area contributed by atoms with E-state index in [2.05, 4.69) is 15.3 Å². The van der Waals surface area contributed by atoms with E-state index in [0.29, 0.717) is 5.03 Å². The lowest BCUT2D eigenvalue weighted by Gasteiger charge is -2.17. The van der Waals surface area contributed by atoms with Gasteiger partial charge in [-0.05, 0) is 37.1 Å².